The minimum atomic E-state index is -0.814. The molecule has 1 fully saturated rings. The van der Waals surface area contributed by atoms with Crippen LogP contribution in [0.1, 0.15) is 13.8 Å². The maximum atomic E-state index is 11.5. The van der Waals surface area contributed by atoms with E-state index < -0.39 is 11.6 Å². The molecule has 0 aliphatic carbocycles. The molecule has 0 unspecified atom stereocenters. The van der Waals surface area contributed by atoms with Crippen molar-refractivity contribution in [2.45, 2.75) is 19.4 Å². The second-order valence-electron chi connectivity index (χ2n) is 3.85. The summed E-state index contributed by atoms with van der Waals surface area (Å²) < 4.78 is 0. The molecule has 1 atom stereocenters. The third-order valence-electron chi connectivity index (χ3n) is 2.23. The Kier molecular flexibility index (Phi) is 5.07. The quantitative estimate of drug-likeness (QED) is 0.225. The van der Waals surface area contributed by atoms with E-state index in [0.717, 1.165) is 5.75 Å². The lowest BCUT2D eigenvalue weighted by atomic mass is 10.1. The molecule has 0 aromatic rings. The van der Waals surface area contributed by atoms with E-state index in [1.165, 1.54) is 0 Å². The molecule has 1 rings (SSSR count). The van der Waals surface area contributed by atoms with Crippen LogP contribution in [0.3, 0.4) is 0 Å². The van der Waals surface area contributed by atoms with Crippen molar-refractivity contribution in [1.29, 1.82) is 0 Å². The van der Waals surface area contributed by atoms with Gasteiger partial charge in [-0.1, -0.05) is 0 Å². The molecule has 0 spiro atoms. The summed E-state index contributed by atoms with van der Waals surface area (Å²) in [6, 6.07) is -0.432. The highest BCUT2D eigenvalue weighted by Gasteiger charge is 2.41. The first kappa shape index (κ1) is 14.1. The average molecular weight is 279 g/mol. The first-order chi connectivity index (χ1) is 7.98. The number of nitrogens with one attached hydrogen (secondary N) is 3. The molecule has 0 saturated carbocycles. The van der Waals surface area contributed by atoms with E-state index in [4.69, 9.17) is 11.8 Å². The topological polar surface area (TPSA) is 82.6 Å². The van der Waals surface area contributed by atoms with Gasteiger partial charge in [0.1, 0.15) is 11.4 Å². The molecular formula is C9H15ClN4O2S. The first-order valence-corrected chi connectivity index (χ1v) is 6.60. The van der Waals surface area contributed by atoms with Crippen molar-refractivity contribution >= 4 is 41.3 Å². The van der Waals surface area contributed by atoms with Gasteiger partial charge in [-0.15, -0.1) is 0 Å². The number of imide groups is 1. The fourth-order valence-electron chi connectivity index (χ4n) is 1.27. The summed E-state index contributed by atoms with van der Waals surface area (Å²) >= 11 is 6.89. The maximum absolute atomic E-state index is 11.5. The molecule has 1 aliphatic heterocycles. The van der Waals surface area contributed by atoms with E-state index in [9.17, 15) is 9.59 Å². The molecule has 6 nitrogen and oxygen atoms in total. The zero-order chi connectivity index (χ0) is 12.9. The molecule has 0 radical (unpaired) electrons. The van der Waals surface area contributed by atoms with Crippen LogP contribution in [0.15, 0.2) is 4.99 Å². The van der Waals surface area contributed by atoms with Gasteiger partial charge < -0.3 is 5.32 Å². The summed E-state index contributed by atoms with van der Waals surface area (Å²) in [5.74, 6) is 1.66. The average Bonchev–Trinajstić information content (AvgIpc) is 2.52. The van der Waals surface area contributed by atoms with E-state index in [2.05, 4.69) is 20.5 Å². The van der Waals surface area contributed by atoms with Crippen molar-refractivity contribution in [2.24, 2.45) is 4.99 Å². The van der Waals surface area contributed by atoms with Crippen LogP contribution in [-0.4, -0.2) is 41.4 Å². The molecule has 96 valence electrons. The van der Waals surface area contributed by atoms with Gasteiger partial charge in [0.2, 0.25) is 0 Å². The summed E-state index contributed by atoms with van der Waals surface area (Å²) in [6.45, 7) is 4.08. The van der Waals surface area contributed by atoms with Gasteiger partial charge in [-0.2, -0.15) is 11.8 Å². The minimum absolute atomic E-state index is 0.280. The molecule has 3 N–H and O–H groups in total. The van der Waals surface area contributed by atoms with Gasteiger partial charge in [-0.25, -0.2) is 4.79 Å². The van der Waals surface area contributed by atoms with E-state index in [1.807, 2.05) is 0 Å². The van der Waals surface area contributed by atoms with Crippen LogP contribution in [0.4, 0.5) is 4.79 Å². The van der Waals surface area contributed by atoms with Crippen molar-refractivity contribution in [3.05, 3.63) is 0 Å². The summed E-state index contributed by atoms with van der Waals surface area (Å²) in [5, 5.41) is 4.82. The fraction of sp³-hybridized carbons (Fsp3) is 0.667. The van der Waals surface area contributed by atoms with Gasteiger partial charge in [-0.05, 0) is 13.8 Å². The monoisotopic (exact) mass is 278 g/mol. The predicted octanol–water partition coefficient (Wildman–Crippen LogP) is 0.480. The molecule has 1 saturated heterocycles. The van der Waals surface area contributed by atoms with Crippen LogP contribution in [0.2, 0.25) is 0 Å². The molecule has 0 bridgehead atoms. The Labute approximate surface area is 109 Å². The van der Waals surface area contributed by atoms with Gasteiger partial charge in [0.15, 0.2) is 0 Å². The second-order valence-corrected chi connectivity index (χ2v) is 5.15. The van der Waals surface area contributed by atoms with Crippen LogP contribution in [0.25, 0.3) is 0 Å². The third kappa shape index (κ3) is 4.08. The number of amides is 3. The van der Waals surface area contributed by atoms with E-state index in [-0.39, 0.29) is 5.91 Å². The van der Waals surface area contributed by atoms with E-state index in [0.29, 0.717) is 18.1 Å². The van der Waals surface area contributed by atoms with Crippen molar-refractivity contribution in [1.82, 2.24) is 15.5 Å². The van der Waals surface area contributed by atoms with Crippen LogP contribution in [-0.2, 0) is 4.79 Å². The van der Waals surface area contributed by atoms with Gasteiger partial charge >= 0.3 is 6.03 Å². The third-order valence-corrected chi connectivity index (χ3v) is 3.76. The number of thioether (sulfide) groups is 1. The standard InChI is InChI=1S/C9H15ClN4O2S/c1-6(14-10)11-3-4-17-5-9(2)7(15)12-8(16)13-9/h3-5H2,1-2H3,(H,11,14)(H2,12,13,15,16)/t9-/m0/s1. The van der Waals surface area contributed by atoms with E-state index >= 15 is 0 Å². The van der Waals surface area contributed by atoms with Gasteiger partial charge in [-0.3, -0.25) is 19.9 Å². The highest BCUT2D eigenvalue weighted by atomic mass is 35.5. The number of halogens is 1. The molecular weight excluding hydrogens is 264 g/mol. The van der Waals surface area contributed by atoms with Gasteiger partial charge in [0.25, 0.3) is 5.91 Å². The summed E-state index contributed by atoms with van der Waals surface area (Å²) in [5.41, 5.74) is -0.814. The van der Waals surface area contributed by atoms with Crippen LogP contribution in [0, 0.1) is 0 Å². The molecule has 1 heterocycles. The Morgan fingerprint density at radius 2 is 2.29 bits per heavy atom. The van der Waals surface area contributed by atoms with Crippen molar-refractivity contribution in [2.75, 3.05) is 18.1 Å². The lowest BCUT2D eigenvalue weighted by molar-refractivity contribution is -0.122. The SMILES string of the molecule is CC(=NCCSC[C@]1(C)NC(=O)NC1=O)NCl. The second kappa shape index (κ2) is 6.11. The van der Waals surface area contributed by atoms with Gasteiger partial charge in [0.05, 0.1) is 6.54 Å². The van der Waals surface area contributed by atoms with Crippen molar-refractivity contribution in [3.8, 4) is 0 Å². The number of urea groups is 1. The first-order valence-electron chi connectivity index (χ1n) is 5.07. The number of carbonyl (C=O) groups is 2. The number of rotatable bonds is 5. The van der Waals surface area contributed by atoms with Crippen LogP contribution in [0.5, 0.6) is 0 Å². The molecule has 17 heavy (non-hydrogen) atoms. The Balaban J connectivity index is 2.27. The largest absolute Gasteiger partial charge is 0.323 e. The zero-order valence-electron chi connectivity index (χ0n) is 9.67. The Hall–Kier alpha value is -0.950. The van der Waals surface area contributed by atoms with Crippen molar-refractivity contribution in [3.63, 3.8) is 0 Å². The minimum Gasteiger partial charge on any atom is -0.323 e. The Morgan fingerprint density at radius 1 is 1.59 bits per heavy atom. The lowest BCUT2D eigenvalue weighted by Crippen LogP contribution is -2.46. The molecule has 8 heteroatoms. The van der Waals surface area contributed by atoms with Gasteiger partial charge in [0, 0.05) is 23.3 Å². The normalized spacial score (nSPS) is 24.5. The number of hydrogen-bond donors (Lipinski definition) is 3. The molecule has 1 aliphatic rings. The lowest BCUT2D eigenvalue weighted by Gasteiger charge is -2.19. The smallest absolute Gasteiger partial charge is 0.322 e. The molecule has 0 aromatic carbocycles. The maximum Gasteiger partial charge on any atom is 0.322 e. The number of aliphatic imine (C=N–C) groups is 1. The van der Waals surface area contributed by atoms with Crippen molar-refractivity contribution < 1.29 is 9.59 Å². The summed E-state index contributed by atoms with van der Waals surface area (Å²) in [6.07, 6.45) is 0. The van der Waals surface area contributed by atoms with Crippen LogP contribution >= 0.6 is 23.5 Å². The van der Waals surface area contributed by atoms with Crippen LogP contribution < -0.4 is 15.5 Å². The number of amidine groups is 1. The zero-order valence-corrected chi connectivity index (χ0v) is 11.2. The molecule has 0 aromatic heterocycles. The fourth-order valence-corrected chi connectivity index (χ4v) is 2.30. The highest BCUT2D eigenvalue weighted by Crippen LogP contribution is 2.16. The highest BCUT2D eigenvalue weighted by molar-refractivity contribution is 7.99. The predicted molar refractivity (Wildman–Crippen MR) is 69.4 cm³/mol. The summed E-state index contributed by atoms with van der Waals surface area (Å²) in [7, 11) is 0. The number of hydrogen-bond acceptors (Lipinski definition) is 4. The summed E-state index contributed by atoms with van der Waals surface area (Å²) in [4.78, 5) is 29.0. The Bertz CT molecular complexity index is 350. The number of nitrogens with zero attached hydrogens (tertiary/aromatic N) is 1. The van der Waals surface area contributed by atoms with E-state index in [1.54, 1.807) is 25.6 Å². The molecule has 3 amide bonds. The Morgan fingerprint density at radius 3 is 2.82 bits per heavy atom. The number of carbonyl (C=O) groups excluding carboxylic acids is 2.